The molecule has 6 heteroatoms. The van der Waals surface area contributed by atoms with Gasteiger partial charge in [0.1, 0.15) is 5.52 Å². The number of anilines is 1. The Balaban J connectivity index is 1.51. The fourth-order valence-electron chi connectivity index (χ4n) is 3.35. The van der Waals surface area contributed by atoms with Crippen LogP contribution in [-0.4, -0.2) is 16.0 Å². The molecule has 0 spiro atoms. The Hall–Kier alpha value is -3.51. The number of amides is 1. The van der Waals surface area contributed by atoms with Crippen LogP contribution >= 0.6 is 12.2 Å². The lowest BCUT2D eigenvalue weighted by Crippen LogP contribution is -2.34. The average Bonchev–Trinajstić information content (AvgIpc) is 3.10. The Morgan fingerprint density at radius 2 is 1.70 bits per heavy atom. The lowest BCUT2D eigenvalue weighted by molar-refractivity contribution is 0.0977. The summed E-state index contributed by atoms with van der Waals surface area (Å²) in [6, 6.07) is 19.1. The smallest absolute Gasteiger partial charge is 0.257 e. The molecule has 0 bridgehead atoms. The molecule has 0 radical (unpaired) electrons. The molecule has 0 aliphatic carbocycles. The molecule has 1 amide bonds. The standard InChI is InChI=1S/C24H21N3O2S/c1-14-5-4-6-17(10-14)22(28)27-24(30)25-19-7-8-21-20(13-19)26-23(29-21)18-11-15(2)9-16(3)12-18/h4-13H,1-3H3,(H2,25,27,28,30). The second-order valence-corrected chi connectivity index (χ2v) is 7.76. The number of thiocarbonyl (C=S) groups is 1. The number of carbonyl (C=O) groups is 1. The van der Waals surface area contributed by atoms with E-state index in [1.165, 1.54) is 0 Å². The van der Waals surface area contributed by atoms with Gasteiger partial charge in [-0.15, -0.1) is 0 Å². The number of nitrogens with one attached hydrogen (secondary N) is 2. The van der Waals surface area contributed by atoms with Gasteiger partial charge in [0.2, 0.25) is 5.89 Å². The van der Waals surface area contributed by atoms with Crippen molar-refractivity contribution in [3.8, 4) is 11.5 Å². The maximum absolute atomic E-state index is 12.4. The molecule has 0 atom stereocenters. The van der Waals surface area contributed by atoms with Gasteiger partial charge < -0.3 is 9.73 Å². The van der Waals surface area contributed by atoms with Crippen molar-refractivity contribution in [2.45, 2.75) is 20.8 Å². The summed E-state index contributed by atoms with van der Waals surface area (Å²) in [6.45, 7) is 6.03. The van der Waals surface area contributed by atoms with Gasteiger partial charge in [-0.1, -0.05) is 34.9 Å². The molecular weight excluding hydrogens is 394 g/mol. The summed E-state index contributed by atoms with van der Waals surface area (Å²) in [5.41, 5.74) is 6.94. The quantitative estimate of drug-likeness (QED) is 0.430. The number of hydrogen-bond acceptors (Lipinski definition) is 4. The number of nitrogens with zero attached hydrogens (tertiary/aromatic N) is 1. The Morgan fingerprint density at radius 1 is 0.933 bits per heavy atom. The molecule has 0 aliphatic heterocycles. The van der Waals surface area contributed by atoms with Crippen LogP contribution < -0.4 is 10.6 Å². The Bertz CT molecular complexity index is 1260. The number of hydrogen-bond donors (Lipinski definition) is 2. The molecule has 3 aromatic carbocycles. The average molecular weight is 416 g/mol. The highest BCUT2D eigenvalue weighted by Gasteiger charge is 2.12. The molecule has 2 N–H and O–H groups in total. The van der Waals surface area contributed by atoms with Crippen molar-refractivity contribution in [2.24, 2.45) is 0 Å². The van der Waals surface area contributed by atoms with E-state index in [0.717, 1.165) is 27.9 Å². The highest BCUT2D eigenvalue weighted by atomic mass is 32.1. The van der Waals surface area contributed by atoms with Gasteiger partial charge in [-0.25, -0.2) is 4.98 Å². The van der Waals surface area contributed by atoms with Crippen molar-refractivity contribution in [1.82, 2.24) is 10.3 Å². The summed E-state index contributed by atoms with van der Waals surface area (Å²) >= 11 is 5.29. The number of carbonyl (C=O) groups excluding carboxylic acids is 1. The fraction of sp³-hybridized carbons (Fsp3) is 0.125. The zero-order valence-corrected chi connectivity index (χ0v) is 17.8. The van der Waals surface area contributed by atoms with Crippen LogP contribution in [0.5, 0.6) is 0 Å². The van der Waals surface area contributed by atoms with E-state index in [-0.39, 0.29) is 11.0 Å². The molecule has 1 aromatic heterocycles. The first-order chi connectivity index (χ1) is 14.4. The third kappa shape index (κ3) is 4.39. The van der Waals surface area contributed by atoms with E-state index in [1.807, 2.05) is 69.3 Å². The van der Waals surface area contributed by atoms with E-state index in [9.17, 15) is 4.79 Å². The highest BCUT2D eigenvalue weighted by molar-refractivity contribution is 7.80. The van der Waals surface area contributed by atoms with Crippen molar-refractivity contribution in [1.29, 1.82) is 0 Å². The molecule has 30 heavy (non-hydrogen) atoms. The maximum atomic E-state index is 12.4. The minimum atomic E-state index is -0.254. The van der Waals surface area contributed by atoms with Gasteiger partial charge in [0, 0.05) is 16.8 Å². The molecule has 0 saturated heterocycles. The van der Waals surface area contributed by atoms with E-state index in [0.29, 0.717) is 22.6 Å². The SMILES string of the molecule is Cc1cccc(C(=O)NC(=S)Nc2ccc3oc(-c4cc(C)cc(C)c4)nc3c2)c1. The predicted molar refractivity (Wildman–Crippen MR) is 124 cm³/mol. The third-order valence-corrected chi connectivity index (χ3v) is 4.83. The molecule has 150 valence electrons. The second-order valence-electron chi connectivity index (χ2n) is 7.36. The number of aryl methyl sites for hydroxylation is 3. The monoisotopic (exact) mass is 415 g/mol. The third-order valence-electron chi connectivity index (χ3n) is 4.62. The number of aromatic nitrogens is 1. The zero-order valence-electron chi connectivity index (χ0n) is 16.9. The second kappa shape index (κ2) is 8.08. The van der Waals surface area contributed by atoms with Gasteiger partial charge in [-0.2, -0.15) is 0 Å². The van der Waals surface area contributed by atoms with Crippen LogP contribution in [-0.2, 0) is 0 Å². The van der Waals surface area contributed by atoms with Crippen molar-refractivity contribution in [3.63, 3.8) is 0 Å². The van der Waals surface area contributed by atoms with E-state index >= 15 is 0 Å². The van der Waals surface area contributed by atoms with Crippen LogP contribution in [0.1, 0.15) is 27.0 Å². The van der Waals surface area contributed by atoms with Crippen LogP contribution in [0.3, 0.4) is 0 Å². The summed E-state index contributed by atoms with van der Waals surface area (Å²) in [5.74, 6) is 0.320. The molecule has 0 saturated carbocycles. The first-order valence-corrected chi connectivity index (χ1v) is 9.96. The lowest BCUT2D eigenvalue weighted by Gasteiger charge is -2.09. The summed E-state index contributed by atoms with van der Waals surface area (Å²) in [4.78, 5) is 17.0. The van der Waals surface area contributed by atoms with Crippen LogP contribution in [0.4, 0.5) is 5.69 Å². The minimum absolute atomic E-state index is 0.221. The summed E-state index contributed by atoms with van der Waals surface area (Å²) < 4.78 is 5.92. The number of oxazole rings is 1. The van der Waals surface area contributed by atoms with Gasteiger partial charge >= 0.3 is 0 Å². The normalized spacial score (nSPS) is 10.8. The topological polar surface area (TPSA) is 67.2 Å². The van der Waals surface area contributed by atoms with Gasteiger partial charge in [-0.05, 0) is 75.5 Å². The maximum Gasteiger partial charge on any atom is 0.257 e. The van der Waals surface area contributed by atoms with Gasteiger partial charge in [0.15, 0.2) is 10.7 Å². The highest BCUT2D eigenvalue weighted by Crippen LogP contribution is 2.27. The van der Waals surface area contributed by atoms with Crippen molar-refractivity contribution < 1.29 is 9.21 Å². The first-order valence-electron chi connectivity index (χ1n) is 9.56. The van der Waals surface area contributed by atoms with E-state index < -0.39 is 0 Å². The van der Waals surface area contributed by atoms with Crippen LogP contribution in [0.15, 0.2) is 65.1 Å². The van der Waals surface area contributed by atoms with Crippen molar-refractivity contribution in [2.75, 3.05) is 5.32 Å². The zero-order chi connectivity index (χ0) is 21.3. The largest absolute Gasteiger partial charge is 0.436 e. The summed E-state index contributed by atoms with van der Waals surface area (Å²) in [6.07, 6.45) is 0. The van der Waals surface area contributed by atoms with Crippen LogP contribution in [0.25, 0.3) is 22.6 Å². The number of fused-ring (bicyclic) bond motifs is 1. The molecule has 0 unspecified atom stereocenters. The molecular formula is C24H21N3O2S. The first kappa shape index (κ1) is 19.8. The van der Waals surface area contributed by atoms with Gasteiger partial charge in [0.25, 0.3) is 5.91 Å². The molecule has 4 aromatic rings. The van der Waals surface area contributed by atoms with Crippen LogP contribution in [0, 0.1) is 20.8 Å². The van der Waals surface area contributed by atoms with Crippen LogP contribution in [0.2, 0.25) is 0 Å². The summed E-state index contributed by atoms with van der Waals surface area (Å²) in [5, 5.41) is 5.96. The Kier molecular flexibility index (Phi) is 5.33. The Morgan fingerprint density at radius 3 is 2.43 bits per heavy atom. The lowest BCUT2D eigenvalue weighted by atomic mass is 10.1. The van der Waals surface area contributed by atoms with Crippen molar-refractivity contribution >= 4 is 40.0 Å². The van der Waals surface area contributed by atoms with E-state index in [1.54, 1.807) is 6.07 Å². The molecule has 0 aliphatic rings. The molecule has 0 fully saturated rings. The minimum Gasteiger partial charge on any atom is -0.436 e. The van der Waals surface area contributed by atoms with Gasteiger partial charge in [-0.3, -0.25) is 10.1 Å². The molecule has 1 heterocycles. The molecule has 4 rings (SSSR count). The van der Waals surface area contributed by atoms with E-state index in [4.69, 9.17) is 16.6 Å². The summed E-state index contributed by atoms with van der Waals surface area (Å²) in [7, 11) is 0. The van der Waals surface area contributed by atoms with Crippen molar-refractivity contribution in [3.05, 3.63) is 82.9 Å². The Labute approximate surface area is 180 Å². The number of benzene rings is 3. The predicted octanol–water partition coefficient (Wildman–Crippen LogP) is 5.55. The fourth-order valence-corrected chi connectivity index (χ4v) is 3.56. The molecule has 5 nitrogen and oxygen atoms in total. The van der Waals surface area contributed by atoms with Gasteiger partial charge in [0.05, 0.1) is 0 Å². The number of rotatable bonds is 3. The van der Waals surface area contributed by atoms with E-state index in [2.05, 4.69) is 21.7 Å².